The molecule has 0 fully saturated rings. The van der Waals surface area contributed by atoms with Crippen LogP contribution >= 0.6 is 0 Å². The Labute approximate surface area is 414 Å². The highest BCUT2D eigenvalue weighted by atomic mass is 16.5. The third kappa shape index (κ3) is 5.18. The van der Waals surface area contributed by atoms with E-state index in [1.807, 2.05) is 0 Å². The van der Waals surface area contributed by atoms with Gasteiger partial charge in [-0.25, -0.2) is 0 Å². The normalized spacial score (nSPS) is 19.2. The number of hydrogen-bond donors (Lipinski definition) is 0. The summed E-state index contributed by atoms with van der Waals surface area (Å²) < 4.78 is 18.1. The highest BCUT2D eigenvalue weighted by Gasteiger charge is 2.40. The van der Waals surface area contributed by atoms with Gasteiger partial charge in [0.2, 0.25) is 0 Å². The van der Waals surface area contributed by atoms with Gasteiger partial charge in [0.1, 0.15) is 23.0 Å². The first-order valence-corrected chi connectivity index (χ1v) is 25.7. The Morgan fingerprint density at radius 2 is 1.44 bits per heavy atom. The molecule has 0 amide bonds. The molecule has 0 saturated heterocycles. The van der Waals surface area contributed by atoms with E-state index in [2.05, 4.69) is 219 Å². The third-order valence-electron chi connectivity index (χ3n) is 16.8. The molecular weight excluding hydrogens is 881 g/mol. The average Bonchev–Trinajstić information content (AvgIpc) is 4.29. The number of anilines is 4. The van der Waals surface area contributed by atoms with Crippen molar-refractivity contribution in [3.8, 4) is 5.75 Å². The molecule has 0 spiro atoms. The Morgan fingerprint density at radius 3 is 2.38 bits per heavy atom. The van der Waals surface area contributed by atoms with Crippen LogP contribution in [0.1, 0.15) is 54.0 Å². The molecule has 7 aromatic carbocycles. The highest BCUT2D eigenvalue weighted by molar-refractivity contribution is 6.23. The summed E-state index contributed by atoms with van der Waals surface area (Å²) in [4.78, 5) is 5.10. The van der Waals surface area contributed by atoms with Crippen LogP contribution in [-0.2, 0) is 6.42 Å². The van der Waals surface area contributed by atoms with E-state index < -0.39 is 0 Å². The van der Waals surface area contributed by atoms with Gasteiger partial charge >= 0.3 is 0 Å². The fraction of sp³-hybridized carbons (Fsp3) is 0.121. The third-order valence-corrected chi connectivity index (χ3v) is 16.8. The lowest BCUT2D eigenvalue weighted by Gasteiger charge is -2.33. The van der Waals surface area contributed by atoms with Gasteiger partial charge in [0.25, 0.3) is 0 Å². The van der Waals surface area contributed by atoms with Crippen molar-refractivity contribution in [1.29, 1.82) is 0 Å². The molecule has 0 saturated carbocycles. The monoisotopic (exact) mass is 926 g/mol. The molecule has 2 aliphatic heterocycles. The summed E-state index contributed by atoms with van der Waals surface area (Å²) in [5.74, 6) is 1.19. The summed E-state index contributed by atoms with van der Waals surface area (Å²) in [6, 6.07) is 53.6. The maximum absolute atomic E-state index is 6.48. The van der Waals surface area contributed by atoms with Gasteiger partial charge in [-0.1, -0.05) is 127 Å². The average molecular weight is 927 g/mol. The molecule has 6 heterocycles. The van der Waals surface area contributed by atoms with E-state index in [0.717, 1.165) is 71.2 Å². The number of aromatic nitrogens is 2. The second-order valence-electron chi connectivity index (χ2n) is 20.4. The van der Waals surface area contributed by atoms with Crippen LogP contribution in [0.2, 0.25) is 0 Å². The number of furan rings is 1. The molecule has 6 heteroatoms. The van der Waals surface area contributed by atoms with Crippen molar-refractivity contribution in [2.45, 2.75) is 50.2 Å². The van der Waals surface area contributed by atoms with Crippen LogP contribution in [0.15, 0.2) is 192 Å². The van der Waals surface area contributed by atoms with Crippen molar-refractivity contribution in [1.82, 2.24) is 8.97 Å². The summed E-state index contributed by atoms with van der Waals surface area (Å²) >= 11 is 0. The van der Waals surface area contributed by atoms with Crippen molar-refractivity contribution in [2.75, 3.05) is 9.80 Å². The molecule has 11 aromatic rings. The second kappa shape index (κ2) is 14.4. The predicted octanol–water partition coefficient (Wildman–Crippen LogP) is 14.8. The first-order chi connectivity index (χ1) is 35.7. The maximum atomic E-state index is 6.48. The second-order valence-corrected chi connectivity index (χ2v) is 20.4. The number of nitrogens with zero attached hydrogens (tertiary/aromatic N) is 4. The zero-order valence-electron chi connectivity index (χ0n) is 39.4. The van der Waals surface area contributed by atoms with E-state index in [1.165, 1.54) is 99.4 Å². The van der Waals surface area contributed by atoms with Gasteiger partial charge < -0.3 is 27.9 Å². The standard InChI is InChI=1S/C66H46N4O2/c1-3-15-39(16-4-1)67(41-27-33-61-51(35-41)43-19-9-13-25-59(43)71-61)55-31-29-45-49-37-58-50(38-57(49)69-53-23-11-7-21-47(53)63(55)65(45)69)46-30-32-56(64-48-22-8-12-24-54(48)70(58)66(46)64)68(40-17-5-2-6-18-40)42-28-34-62-52(36-42)44-20-10-14-26-60(44)72-62/h1-7,9-11,13-15,17-33,35-37,39,50,62H,8,12,16,34,38H2. The first-order valence-electron chi connectivity index (χ1n) is 25.7. The summed E-state index contributed by atoms with van der Waals surface area (Å²) in [7, 11) is 0. The predicted molar refractivity (Wildman–Crippen MR) is 296 cm³/mol. The molecule has 6 nitrogen and oxygen atoms in total. The van der Waals surface area contributed by atoms with Crippen LogP contribution in [-0.4, -0.2) is 21.1 Å². The Morgan fingerprint density at radius 1 is 0.611 bits per heavy atom. The molecular formula is C66H46N4O2. The van der Waals surface area contributed by atoms with Crippen molar-refractivity contribution in [3.63, 3.8) is 0 Å². The van der Waals surface area contributed by atoms with Crippen LogP contribution < -0.4 is 25.1 Å². The minimum Gasteiger partial charge on any atom is -0.485 e. The molecule has 4 aromatic heterocycles. The van der Waals surface area contributed by atoms with Crippen LogP contribution in [0.4, 0.5) is 22.7 Å². The number of para-hydroxylation sites is 4. The topological polar surface area (TPSA) is 38.2 Å². The Hall–Kier alpha value is -8.74. The van der Waals surface area contributed by atoms with Crippen molar-refractivity contribution in [2.24, 2.45) is 0 Å². The fourth-order valence-corrected chi connectivity index (χ4v) is 13.8. The molecule has 0 N–H and O–H groups in total. The van der Waals surface area contributed by atoms with Gasteiger partial charge in [-0.2, -0.15) is 0 Å². The van der Waals surface area contributed by atoms with Crippen LogP contribution in [0.3, 0.4) is 0 Å². The molecule has 17 rings (SSSR count). The Balaban J connectivity index is 0.866. The van der Waals surface area contributed by atoms with E-state index >= 15 is 0 Å². The van der Waals surface area contributed by atoms with Crippen molar-refractivity contribution < 1.29 is 9.15 Å². The lowest BCUT2D eigenvalue weighted by Crippen LogP contribution is -2.32. The molecule has 3 atom stereocenters. The summed E-state index contributed by atoms with van der Waals surface area (Å²) in [6.45, 7) is 0. The number of rotatable bonds is 6. The highest BCUT2D eigenvalue weighted by Crippen LogP contribution is 2.54. The van der Waals surface area contributed by atoms with Gasteiger partial charge in [0.15, 0.2) is 0 Å². The smallest absolute Gasteiger partial charge is 0.135 e. The van der Waals surface area contributed by atoms with Gasteiger partial charge in [-0.15, -0.1) is 0 Å². The minimum absolute atomic E-state index is 0.0362. The molecule has 342 valence electrons. The Bertz CT molecular complexity index is 4490. The van der Waals surface area contributed by atoms with Gasteiger partial charge in [-0.3, -0.25) is 0 Å². The summed E-state index contributed by atoms with van der Waals surface area (Å²) in [6.07, 6.45) is 26.2. The first kappa shape index (κ1) is 39.0. The summed E-state index contributed by atoms with van der Waals surface area (Å²) in [5.41, 5.74) is 19.7. The lowest BCUT2D eigenvalue weighted by atomic mass is 9.85. The molecule has 72 heavy (non-hydrogen) atoms. The quantitative estimate of drug-likeness (QED) is 0.167. The number of fused-ring (bicyclic) bond motifs is 18. The molecule has 3 unspecified atom stereocenters. The lowest BCUT2D eigenvalue weighted by molar-refractivity contribution is 0.278. The van der Waals surface area contributed by atoms with Crippen LogP contribution in [0.25, 0.3) is 89.5 Å². The zero-order chi connectivity index (χ0) is 46.8. The number of allylic oxidation sites excluding steroid dienone is 4. The van der Waals surface area contributed by atoms with Crippen LogP contribution in [0.5, 0.6) is 5.75 Å². The van der Waals surface area contributed by atoms with Gasteiger partial charge in [-0.05, 0) is 97.6 Å². The summed E-state index contributed by atoms with van der Waals surface area (Å²) in [5, 5.41) is 10.2. The fourth-order valence-electron chi connectivity index (χ4n) is 13.8. The van der Waals surface area contributed by atoms with E-state index in [-0.39, 0.29) is 18.1 Å². The van der Waals surface area contributed by atoms with E-state index in [0.29, 0.717) is 0 Å². The van der Waals surface area contributed by atoms with E-state index in [4.69, 9.17) is 9.15 Å². The van der Waals surface area contributed by atoms with Gasteiger partial charge in [0, 0.05) is 107 Å². The largest absolute Gasteiger partial charge is 0.485 e. The van der Waals surface area contributed by atoms with E-state index in [9.17, 15) is 0 Å². The van der Waals surface area contributed by atoms with Crippen molar-refractivity contribution >= 4 is 112 Å². The van der Waals surface area contributed by atoms with Crippen LogP contribution in [0, 0.1) is 0 Å². The SMILES string of the molecule is C1=CCC(N(c2ccc3oc4ccccc4c3c2)c2ccc3c4c(n5c6ccccc6c2c35)CC2C(=C4)n3c4c(c5c(N(C6=CCC7Oc8ccccc8C7=C6)c6ccccc6)ccc2c53)=CCCC=4)C=C1. The number of ether oxygens (including phenoxy) is 1. The maximum Gasteiger partial charge on any atom is 0.135 e. The molecule has 0 bridgehead atoms. The Kier molecular flexibility index (Phi) is 7.82. The van der Waals surface area contributed by atoms with Gasteiger partial charge in [0.05, 0.1) is 34.0 Å². The minimum atomic E-state index is 0.0362. The number of hydrogen-bond acceptors (Lipinski definition) is 4. The zero-order valence-corrected chi connectivity index (χ0v) is 39.4. The molecule has 4 aliphatic carbocycles. The van der Waals surface area contributed by atoms with Crippen molar-refractivity contribution in [3.05, 3.63) is 221 Å². The van der Waals surface area contributed by atoms with E-state index in [1.54, 1.807) is 0 Å². The molecule has 0 radical (unpaired) electrons. The number of benzene rings is 7. The molecule has 6 aliphatic rings.